The predicted molar refractivity (Wildman–Crippen MR) is 78.3 cm³/mol. The predicted octanol–water partition coefficient (Wildman–Crippen LogP) is 1.43. The molecule has 0 aromatic heterocycles. The lowest BCUT2D eigenvalue weighted by Gasteiger charge is -2.30. The number of hydrogen-bond acceptors (Lipinski definition) is 5. The van der Waals surface area contributed by atoms with Crippen LogP contribution in [0.3, 0.4) is 0 Å². The van der Waals surface area contributed by atoms with E-state index in [0.717, 1.165) is 25.7 Å². The first kappa shape index (κ1) is 15.2. The summed E-state index contributed by atoms with van der Waals surface area (Å²) in [7, 11) is 0. The van der Waals surface area contributed by atoms with Crippen molar-refractivity contribution < 1.29 is 14.8 Å². The summed E-state index contributed by atoms with van der Waals surface area (Å²) in [4.78, 5) is 23.9. The zero-order valence-corrected chi connectivity index (χ0v) is 11.7. The lowest BCUT2D eigenvalue weighted by molar-refractivity contribution is -0.384. The second-order valence-electron chi connectivity index (χ2n) is 5.18. The Labute approximate surface area is 122 Å². The third-order valence-corrected chi connectivity index (χ3v) is 3.87. The number of aliphatic hydroxyl groups is 1. The van der Waals surface area contributed by atoms with Crippen LogP contribution in [0, 0.1) is 10.1 Å². The largest absolute Gasteiger partial charge is 0.395 e. The number of benzene rings is 1. The second-order valence-corrected chi connectivity index (χ2v) is 5.18. The minimum atomic E-state index is -0.624. The summed E-state index contributed by atoms with van der Waals surface area (Å²) in [5.41, 5.74) is 5.78. The average Bonchev–Trinajstić information content (AvgIpc) is 2.97. The molecular weight excluding hydrogens is 274 g/mol. The minimum absolute atomic E-state index is 0.0691. The summed E-state index contributed by atoms with van der Waals surface area (Å²) in [6.07, 6.45) is 3.99. The highest BCUT2D eigenvalue weighted by atomic mass is 16.6. The van der Waals surface area contributed by atoms with Gasteiger partial charge in [-0.2, -0.15) is 0 Å². The zero-order valence-electron chi connectivity index (χ0n) is 11.7. The van der Waals surface area contributed by atoms with Gasteiger partial charge in [-0.3, -0.25) is 14.9 Å². The molecule has 7 heteroatoms. The number of anilines is 1. The third-order valence-electron chi connectivity index (χ3n) is 3.87. The number of hydrogen-bond donors (Lipinski definition) is 2. The van der Waals surface area contributed by atoms with Gasteiger partial charge in [0.15, 0.2) is 0 Å². The van der Waals surface area contributed by atoms with Crippen LogP contribution in [0.2, 0.25) is 0 Å². The number of primary amides is 1. The van der Waals surface area contributed by atoms with Crippen LogP contribution in [0.5, 0.6) is 0 Å². The molecule has 1 fully saturated rings. The molecule has 1 aliphatic rings. The maximum atomic E-state index is 11.3. The first-order valence-corrected chi connectivity index (χ1v) is 7.00. The van der Waals surface area contributed by atoms with Crippen molar-refractivity contribution in [3.63, 3.8) is 0 Å². The van der Waals surface area contributed by atoms with E-state index in [1.165, 1.54) is 18.2 Å². The van der Waals surface area contributed by atoms with Crippen LogP contribution in [-0.2, 0) is 0 Å². The average molecular weight is 293 g/mol. The van der Waals surface area contributed by atoms with Gasteiger partial charge in [0.1, 0.15) is 5.69 Å². The Morgan fingerprint density at radius 1 is 1.43 bits per heavy atom. The third kappa shape index (κ3) is 3.30. The fraction of sp³-hybridized carbons (Fsp3) is 0.500. The van der Waals surface area contributed by atoms with Gasteiger partial charge >= 0.3 is 0 Å². The first-order chi connectivity index (χ1) is 10.0. The van der Waals surface area contributed by atoms with E-state index in [2.05, 4.69) is 0 Å². The van der Waals surface area contributed by atoms with E-state index in [9.17, 15) is 20.0 Å². The summed E-state index contributed by atoms with van der Waals surface area (Å²) in [6, 6.07) is 4.26. The molecule has 0 spiro atoms. The summed E-state index contributed by atoms with van der Waals surface area (Å²) in [5, 5.41) is 20.5. The van der Waals surface area contributed by atoms with Crippen molar-refractivity contribution in [2.45, 2.75) is 31.7 Å². The van der Waals surface area contributed by atoms with E-state index in [1.54, 1.807) is 0 Å². The van der Waals surface area contributed by atoms with Gasteiger partial charge < -0.3 is 15.7 Å². The molecule has 1 amide bonds. The molecule has 21 heavy (non-hydrogen) atoms. The number of amides is 1. The van der Waals surface area contributed by atoms with E-state index in [1.807, 2.05) is 4.90 Å². The summed E-state index contributed by atoms with van der Waals surface area (Å²) in [5.74, 6) is -0.624. The van der Waals surface area contributed by atoms with Crippen LogP contribution >= 0.6 is 0 Å². The van der Waals surface area contributed by atoms with Gasteiger partial charge in [-0.25, -0.2) is 0 Å². The summed E-state index contributed by atoms with van der Waals surface area (Å²) in [6.45, 7) is 0.197. The van der Waals surface area contributed by atoms with Gasteiger partial charge in [0.25, 0.3) is 5.69 Å². The molecule has 0 aliphatic heterocycles. The lowest BCUT2D eigenvalue weighted by Crippen LogP contribution is -2.36. The molecule has 0 bridgehead atoms. The Bertz CT molecular complexity index is 541. The van der Waals surface area contributed by atoms with E-state index >= 15 is 0 Å². The number of nitrogens with zero attached hydrogens (tertiary/aromatic N) is 2. The topological polar surface area (TPSA) is 110 Å². The Kier molecular flexibility index (Phi) is 4.74. The number of carbonyl (C=O) groups is 1. The second kappa shape index (κ2) is 6.53. The number of nitro benzene ring substituents is 1. The van der Waals surface area contributed by atoms with E-state index in [-0.39, 0.29) is 23.9 Å². The van der Waals surface area contributed by atoms with Gasteiger partial charge in [0, 0.05) is 24.2 Å². The van der Waals surface area contributed by atoms with Crippen molar-refractivity contribution in [1.82, 2.24) is 0 Å². The molecule has 114 valence electrons. The van der Waals surface area contributed by atoms with Crippen molar-refractivity contribution >= 4 is 17.3 Å². The minimum Gasteiger partial charge on any atom is -0.395 e. The molecule has 1 aliphatic carbocycles. The molecule has 1 aromatic rings. The van der Waals surface area contributed by atoms with Crippen molar-refractivity contribution in [1.29, 1.82) is 0 Å². The van der Waals surface area contributed by atoms with Gasteiger partial charge in [0.05, 0.1) is 11.5 Å². The molecule has 1 saturated carbocycles. The van der Waals surface area contributed by atoms with Crippen molar-refractivity contribution in [3.8, 4) is 0 Å². The van der Waals surface area contributed by atoms with Crippen LogP contribution in [0.15, 0.2) is 18.2 Å². The smallest absolute Gasteiger partial charge is 0.292 e. The summed E-state index contributed by atoms with van der Waals surface area (Å²) >= 11 is 0. The Morgan fingerprint density at radius 2 is 2.10 bits per heavy atom. The Morgan fingerprint density at radius 3 is 2.62 bits per heavy atom. The highest BCUT2D eigenvalue weighted by Gasteiger charge is 2.28. The first-order valence-electron chi connectivity index (χ1n) is 7.00. The molecule has 7 nitrogen and oxygen atoms in total. The van der Waals surface area contributed by atoms with E-state index in [0.29, 0.717) is 12.2 Å². The van der Waals surface area contributed by atoms with Crippen molar-refractivity contribution in [2.24, 2.45) is 5.73 Å². The summed E-state index contributed by atoms with van der Waals surface area (Å²) < 4.78 is 0. The fourth-order valence-corrected chi connectivity index (χ4v) is 2.88. The molecule has 3 N–H and O–H groups in total. The molecule has 0 atom stereocenters. The van der Waals surface area contributed by atoms with Crippen LogP contribution in [0.1, 0.15) is 36.0 Å². The van der Waals surface area contributed by atoms with Crippen LogP contribution in [0.4, 0.5) is 11.4 Å². The molecule has 0 radical (unpaired) electrons. The molecule has 0 unspecified atom stereocenters. The van der Waals surface area contributed by atoms with E-state index in [4.69, 9.17) is 5.73 Å². The number of aliphatic hydroxyl groups excluding tert-OH is 1. The standard InChI is InChI=1S/C14H19N3O4/c15-14(19)10-5-6-12(17(20)21)13(9-10)16(7-8-18)11-3-1-2-4-11/h5-6,9,11,18H,1-4,7-8H2,(H2,15,19). The lowest BCUT2D eigenvalue weighted by atomic mass is 10.1. The van der Waals surface area contributed by atoms with Crippen LogP contribution < -0.4 is 10.6 Å². The number of nitrogens with two attached hydrogens (primary N) is 1. The van der Waals surface area contributed by atoms with Crippen LogP contribution in [0.25, 0.3) is 0 Å². The number of rotatable bonds is 6. The highest BCUT2D eigenvalue weighted by Crippen LogP contribution is 2.34. The maximum Gasteiger partial charge on any atom is 0.292 e. The SMILES string of the molecule is NC(=O)c1ccc([N+](=O)[O-])c(N(CCO)C2CCCC2)c1. The van der Waals surface area contributed by atoms with Crippen molar-refractivity contribution in [2.75, 3.05) is 18.1 Å². The quantitative estimate of drug-likeness (QED) is 0.609. The van der Waals surface area contributed by atoms with Gasteiger partial charge in [-0.05, 0) is 25.0 Å². The monoisotopic (exact) mass is 293 g/mol. The zero-order chi connectivity index (χ0) is 15.4. The highest BCUT2D eigenvalue weighted by molar-refractivity contribution is 5.94. The Balaban J connectivity index is 2.46. The molecule has 0 saturated heterocycles. The van der Waals surface area contributed by atoms with Crippen molar-refractivity contribution in [3.05, 3.63) is 33.9 Å². The normalized spacial score (nSPS) is 15.1. The molecule has 2 rings (SSSR count). The molecule has 0 heterocycles. The number of nitro groups is 1. The fourth-order valence-electron chi connectivity index (χ4n) is 2.88. The number of carbonyl (C=O) groups excluding carboxylic acids is 1. The van der Waals surface area contributed by atoms with Crippen LogP contribution in [-0.4, -0.2) is 35.1 Å². The van der Waals surface area contributed by atoms with Gasteiger partial charge in [-0.1, -0.05) is 12.8 Å². The van der Waals surface area contributed by atoms with E-state index < -0.39 is 10.8 Å². The maximum absolute atomic E-state index is 11.3. The van der Waals surface area contributed by atoms with Gasteiger partial charge in [0.2, 0.25) is 5.91 Å². The Hall–Kier alpha value is -2.15. The molecule has 1 aromatic carbocycles. The molecular formula is C14H19N3O4. The van der Waals surface area contributed by atoms with Gasteiger partial charge in [-0.15, -0.1) is 0 Å².